The number of hydrogen-bond acceptors (Lipinski definition) is 4. The van der Waals surface area contributed by atoms with Crippen LogP contribution >= 0.6 is 12.2 Å². The molecule has 1 heterocycles. The quantitative estimate of drug-likeness (QED) is 0.756. The topological polar surface area (TPSA) is 74.5 Å². The summed E-state index contributed by atoms with van der Waals surface area (Å²) in [5, 5.41) is 14.9. The standard InChI is InChI=1S/C16H18N2O3S/c1-3-15(20)18-16(22)17-13-8-11(5-4-10(13)2)14-7-6-12(9-19)21-14/h4-8,19H,3,9H2,1-2H3,(H2,17,18,20,22). The van der Waals surface area contributed by atoms with E-state index in [-0.39, 0.29) is 17.6 Å². The molecule has 0 spiro atoms. The van der Waals surface area contributed by atoms with Gasteiger partial charge >= 0.3 is 0 Å². The van der Waals surface area contributed by atoms with Crippen LogP contribution in [0, 0.1) is 6.92 Å². The lowest BCUT2D eigenvalue weighted by molar-refractivity contribution is -0.119. The molecule has 22 heavy (non-hydrogen) atoms. The molecule has 1 aromatic carbocycles. The Morgan fingerprint density at radius 1 is 1.32 bits per heavy atom. The molecule has 0 aliphatic carbocycles. The lowest BCUT2D eigenvalue weighted by Gasteiger charge is -2.12. The molecule has 0 atom stereocenters. The number of aliphatic hydroxyl groups is 1. The number of furan rings is 1. The van der Waals surface area contributed by atoms with Gasteiger partial charge in [0.25, 0.3) is 0 Å². The molecule has 2 aromatic rings. The second-order valence-corrected chi connectivity index (χ2v) is 5.22. The van der Waals surface area contributed by atoms with Crippen molar-refractivity contribution in [2.75, 3.05) is 5.32 Å². The van der Waals surface area contributed by atoms with Crippen molar-refractivity contribution in [3.8, 4) is 11.3 Å². The first-order valence-electron chi connectivity index (χ1n) is 6.95. The van der Waals surface area contributed by atoms with Crippen LogP contribution in [0.1, 0.15) is 24.7 Å². The van der Waals surface area contributed by atoms with Crippen molar-refractivity contribution in [3.05, 3.63) is 41.7 Å². The number of aliphatic hydroxyl groups excluding tert-OH is 1. The van der Waals surface area contributed by atoms with Crippen molar-refractivity contribution < 1.29 is 14.3 Å². The Labute approximate surface area is 134 Å². The van der Waals surface area contributed by atoms with E-state index >= 15 is 0 Å². The number of rotatable bonds is 4. The SMILES string of the molecule is CCC(=O)NC(=S)Nc1cc(-c2ccc(CO)o2)ccc1C. The van der Waals surface area contributed by atoms with Crippen molar-refractivity contribution in [2.24, 2.45) is 0 Å². The van der Waals surface area contributed by atoms with E-state index in [1.165, 1.54) is 0 Å². The summed E-state index contributed by atoms with van der Waals surface area (Å²) in [5.74, 6) is 1.04. The number of amides is 1. The van der Waals surface area contributed by atoms with Gasteiger partial charge in [0, 0.05) is 17.7 Å². The molecule has 0 fully saturated rings. The lowest BCUT2D eigenvalue weighted by Crippen LogP contribution is -2.33. The second-order valence-electron chi connectivity index (χ2n) is 4.81. The van der Waals surface area contributed by atoms with Crippen molar-refractivity contribution in [2.45, 2.75) is 26.9 Å². The summed E-state index contributed by atoms with van der Waals surface area (Å²) in [6.45, 7) is 3.57. The van der Waals surface area contributed by atoms with E-state index in [9.17, 15) is 4.79 Å². The fourth-order valence-electron chi connectivity index (χ4n) is 1.90. The Bertz CT molecular complexity index is 694. The summed E-state index contributed by atoms with van der Waals surface area (Å²) >= 11 is 5.12. The summed E-state index contributed by atoms with van der Waals surface area (Å²) in [6, 6.07) is 9.28. The molecule has 5 nitrogen and oxygen atoms in total. The van der Waals surface area contributed by atoms with Gasteiger partial charge in [-0.3, -0.25) is 4.79 Å². The molecule has 0 unspecified atom stereocenters. The van der Waals surface area contributed by atoms with Gasteiger partial charge in [-0.05, 0) is 42.9 Å². The number of anilines is 1. The van der Waals surface area contributed by atoms with E-state index in [0.29, 0.717) is 17.9 Å². The van der Waals surface area contributed by atoms with E-state index in [0.717, 1.165) is 16.8 Å². The van der Waals surface area contributed by atoms with Gasteiger partial charge in [0.05, 0.1) is 0 Å². The van der Waals surface area contributed by atoms with Crippen LogP contribution in [0.4, 0.5) is 5.69 Å². The minimum absolute atomic E-state index is 0.134. The molecule has 2 rings (SSSR count). The minimum atomic E-state index is -0.135. The van der Waals surface area contributed by atoms with Gasteiger partial charge in [-0.1, -0.05) is 19.1 Å². The first-order valence-corrected chi connectivity index (χ1v) is 7.35. The Morgan fingerprint density at radius 3 is 2.73 bits per heavy atom. The average Bonchev–Trinajstić information content (AvgIpc) is 2.98. The summed E-state index contributed by atoms with van der Waals surface area (Å²) < 4.78 is 5.52. The number of carbonyl (C=O) groups is 1. The van der Waals surface area contributed by atoms with E-state index < -0.39 is 0 Å². The predicted molar refractivity (Wildman–Crippen MR) is 89.5 cm³/mol. The van der Waals surface area contributed by atoms with Gasteiger partial charge in [0.2, 0.25) is 5.91 Å². The smallest absolute Gasteiger partial charge is 0.225 e. The molecule has 0 radical (unpaired) electrons. The highest BCUT2D eigenvalue weighted by Crippen LogP contribution is 2.27. The van der Waals surface area contributed by atoms with E-state index in [4.69, 9.17) is 21.7 Å². The molecule has 6 heteroatoms. The van der Waals surface area contributed by atoms with Gasteiger partial charge in [0.15, 0.2) is 5.11 Å². The summed E-state index contributed by atoms with van der Waals surface area (Å²) in [6.07, 6.45) is 0.372. The van der Waals surface area contributed by atoms with Crippen LogP contribution in [-0.4, -0.2) is 16.1 Å². The molecule has 116 valence electrons. The normalized spacial score (nSPS) is 10.3. The monoisotopic (exact) mass is 318 g/mol. The van der Waals surface area contributed by atoms with E-state index in [1.54, 1.807) is 19.1 Å². The highest BCUT2D eigenvalue weighted by molar-refractivity contribution is 7.80. The first kappa shape index (κ1) is 16.2. The lowest BCUT2D eigenvalue weighted by atomic mass is 10.1. The zero-order valence-electron chi connectivity index (χ0n) is 12.5. The number of hydrogen-bond donors (Lipinski definition) is 3. The Hall–Kier alpha value is -2.18. The molecule has 3 N–H and O–H groups in total. The number of benzene rings is 1. The first-order chi connectivity index (χ1) is 10.5. The van der Waals surface area contributed by atoms with E-state index in [2.05, 4.69) is 10.6 Å². The van der Waals surface area contributed by atoms with Crippen LogP contribution < -0.4 is 10.6 Å². The maximum atomic E-state index is 11.3. The molecular weight excluding hydrogens is 300 g/mol. The average molecular weight is 318 g/mol. The summed E-state index contributed by atoms with van der Waals surface area (Å²) in [7, 11) is 0. The van der Waals surface area contributed by atoms with Crippen molar-refractivity contribution in [1.82, 2.24) is 5.32 Å². The third kappa shape index (κ3) is 3.93. The van der Waals surface area contributed by atoms with Crippen molar-refractivity contribution in [1.29, 1.82) is 0 Å². The largest absolute Gasteiger partial charge is 0.459 e. The molecule has 0 bridgehead atoms. The van der Waals surface area contributed by atoms with Crippen LogP contribution in [0.25, 0.3) is 11.3 Å². The molecular formula is C16H18N2O3S. The Morgan fingerprint density at radius 2 is 2.09 bits per heavy atom. The molecule has 0 aliphatic heterocycles. The van der Waals surface area contributed by atoms with Crippen LogP contribution in [0.3, 0.4) is 0 Å². The Kier molecular flexibility index (Phi) is 5.30. The number of thiocarbonyl (C=S) groups is 1. The summed E-state index contributed by atoms with van der Waals surface area (Å²) in [5.41, 5.74) is 2.64. The van der Waals surface area contributed by atoms with Gasteiger partial charge in [0.1, 0.15) is 18.1 Å². The highest BCUT2D eigenvalue weighted by atomic mass is 32.1. The molecule has 1 amide bonds. The van der Waals surface area contributed by atoms with Crippen LogP contribution in [0.5, 0.6) is 0 Å². The van der Waals surface area contributed by atoms with Gasteiger partial charge in [-0.2, -0.15) is 0 Å². The van der Waals surface area contributed by atoms with E-state index in [1.807, 2.05) is 25.1 Å². The second kappa shape index (κ2) is 7.20. The maximum Gasteiger partial charge on any atom is 0.225 e. The van der Waals surface area contributed by atoms with Crippen molar-refractivity contribution >= 4 is 28.9 Å². The molecule has 1 aromatic heterocycles. The number of nitrogens with one attached hydrogen (secondary N) is 2. The highest BCUT2D eigenvalue weighted by Gasteiger charge is 2.09. The molecule has 0 saturated carbocycles. The van der Waals surface area contributed by atoms with Gasteiger partial charge in [-0.15, -0.1) is 0 Å². The zero-order chi connectivity index (χ0) is 16.1. The van der Waals surface area contributed by atoms with Gasteiger partial charge < -0.3 is 20.2 Å². The van der Waals surface area contributed by atoms with Gasteiger partial charge in [-0.25, -0.2) is 0 Å². The number of aryl methyl sites for hydroxylation is 1. The third-order valence-electron chi connectivity index (χ3n) is 3.16. The van der Waals surface area contributed by atoms with Crippen LogP contribution in [-0.2, 0) is 11.4 Å². The fourth-order valence-corrected chi connectivity index (χ4v) is 2.12. The zero-order valence-corrected chi connectivity index (χ0v) is 13.3. The fraction of sp³-hybridized carbons (Fsp3) is 0.250. The predicted octanol–water partition coefficient (Wildman–Crippen LogP) is 2.97. The summed E-state index contributed by atoms with van der Waals surface area (Å²) in [4.78, 5) is 11.3. The maximum absolute atomic E-state index is 11.3. The Balaban J connectivity index is 2.19. The van der Waals surface area contributed by atoms with Crippen LogP contribution in [0.2, 0.25) is 0 Å². The minimum Gasteiger partial charge on any atom is -0.459 e. The van der Waals surface area contributed by atoms with Crippen LogP contribution in [0.15, 0.2) is 34.7 Å². The number of carbonyl (C=O) groups excluding carboxylic acids is 1. The molecule has 0 aliphatic rings. The third-order valence-corrected chi connectivity index (χ3v) is 3.37. The van der Waals surface area contributed by atoms with Crippen molar-refractivity contribution in [3.63, 3.8) is 0 Å². The molecule has 0 saturated heterocycles.